The molecule has 4 aromatic rings. The molecule has 0 atom stereocenters. The van der Waals surface area contributed by atoms with Gasteiger partial charge in [-0.15, -0.1) is 10.2 Å². The highest BCUT2D eigenvalue weighted by atomic mass is 16.5. The molecule has 0 fully saturated rings. The highest BCUT2D eigenvalue weighted by Crippen LogP contribution is 2.27. The lowest BCUT2D eigenvalue weighted by atomic mass is 10.1. The van der Waals surface area contributed by atoms with Crippen LogP contribution in [-0.2, 0) is 11.3 Å². The number of ether oxygens (including phenoxy) is 1. The van der Waals surface area contributed by atoms with Crippen LogP contribution in [0.15, 0.2) is 47.4 Å². The topological polar surface area (TPSA) is 74.3 Å². The van der Waals surface area contributed by atoms with Crippen molar-refractivity contribution in [3.8, 4) is 11.1 Å². The van der Waals surface area contributed by atoms with Gasteiger partial charge in [-0.1, -0.05) is 30.3 Å². The number of benzene rings is 1. The van der Waals surface area contributed by atoms with Crippen molar-refractivity contribution >= 4 is 16.7 Å². The van der Waals surface area contributed by atoms with E-state index in [1.54, 1.807) is 22.4 Å². The molecular formula is C18H17N5O2. The highest BCUT2D eigenvalue weighted by molar-refractivity contribution is 5.84. The lowest BCUT2D eigenvalue weighted by Crippen LogP contribution is -2.23. The van der Waals surface area contributed by atoms with Crippen molar-refractivity contribution in [2.75, 3.05) is 13.7 Å². The van der Waals surface area contributed by atoms with Crippen molar-refractivity contribution in [2.24, 2.45) is 0 Å². The van der Waals surface area contributed by atoms with E-state index < -0.39 is 0 Å². The van der Waals surface area contributed by atoms with Crippen LogP contribution in [0.1, 0.15) is 5.69 Å². The van der Waals surface area contributed by atoms with Gasteiger partial charge in [-0.2, -0.15) is 5.10 Å². The normalized spacial score (nSPS) is 11.4. The third-order valence-corrected chi connectivity index (χ3v) is 4.23. The second kappa shape index (κ2) is 6.10. The van der Waals surface area contributed by atoms with Crippen molar-refractivity contribution in [1.82, 2.24) is 24.4 Å². The third kappa shape index (κ3) is 2.49. The molecule has 25 heavy (non-hydrogen) atoms. The zero-order chi connectivity index (χ0) is 17.4. The first-order valence-electron chi connectivity index (χ1n) is 8.00. The molecule has 0 spiro atoms. The fourth-order valence-corrected chi connectivity index (χ4v) is 3.00. The van der Waals surface area contributed by atoms with Gasteiger partial charge < -0.3 is 9.30 Å². The lowest BCUT2D eigenvalue weighted by molar-refractivity contribution is 0.186. The van der Waals surface area contributed by atoms with E-state index in [1.807, 2.05) is 43.3 Å². The standard InChI is InChI=1S/C18H17N5O2/c1-12-15(13-6-4-3-5-7-13)17-20-19-16-14(23(17)21-12)8-9-22(18(16)24)10-11-25-2/h3-9H,10-11H2,1-2H3. The molecule has 0 bridgehead atoms. The first kappa shape index (κ1) is 15.5. The van der Waals surface area contributed by atoms with Crippen LogP contribution in [0.3, 0.4) is 0 Å². The van der Waals surface area contributed by atoms with E-state index in [2.05, 4.69) is 15.3 Å². The molecule has 7 nitrogen and oxygen atoms in total. The zero-order valence-electron chi connectivity index (χ0n) is 14.0. The summed E-state index contributed by atoms with van der Waals surface area (Å²) in [6.07, 6.45) is 1.74. The number of aryl methyl sites for hydroxylation is 1. The average Bonchev–Trinajstić information content (AvgIpc) is 2.98. The SMILES string of the molecule is COCCn1ccc2c(nnc3c(-c4ccccc4)c(C)nn32)c1=O. The summed E-state index contributed by atoms with van der Waals surface area (Å²) < 4.78 is 8.30. The maximum atomic E-state index is 12.6. The summed E-state index contributed by atoms with van der Waals surface area (Å²) in [5.41, 5.74) is 4.19. The summed E-state index contributed by atoms with van der Waals surface area (Å²) in [6.45, 7) is 2.86. The second-order valence-electron chi connectivity index (χ2n) is 5.80. The minimum absolute atomic E-state index is 0.196. The molecule has 0 aliphatic carbocycles. The number of fused-ring (bicyclic) bond motifs is 3. The molecule has 0 saturated carbocycles. The average molecular weight is 335 g/mol. The van der Waals surface area contributed by atoms with Crippen molar-refractivity contribution in [3.63, 3.8) is 0 Å². The predicted octanol–water partition coefficient (Wildman–Crippen LogP) is 2.06. The number of nitrogens with zero attached hydrogens (tertiary/aromatic N) is 5. The fourth-order valence-electron chi connectivity index (χ4n) is 3.00. The maximum absolute atomic E-state index is 12.6. The van der Waals surface area contributed by atoms with E-state index in [1.165, 1.54) is 0 Å². The first-order chi connectivity index (χ1) is 12.2. The van der Waals surface area contributed by atoms with Gasteiger partial charge in [0.15, 0.2) is 11.2 Å². The fraction of sp³-hybridized carbons (Fsp3) is 0.222. The number of pyridine rings is 1. The summed E-state index contributed by atoms with van der Waals surface area (Å²) in [4.78, 5) is 12.6. The molecule has 4 rings (SSSR count). The van der Waals surface area contributed by atoms with Gasteiger partial charge in [0.25, 0.3) is 5.56 Å². The Morgan fingerprint density at radius 1 is 1.12 bits per heavy atom. The summed E-state index contributed by atoms with van der Waals surface area (Å²) in [7, 11) is 1.60. The summed E-state index contributed by atoms with van der Waals surface area (Å²) in [6, 6.07) is 11.8. The van der Waals surface area contributed by atoms with E-state index in [-0.39, 0.29) is 5.56 Å². The zero-order valence-corrected chi connectivity index (χ0v) is 14.0. The molecule has 0 aliphatic heterocycles. The molecule has 0 amide bonds. The van der Waals surface area contributed by atoms with Crippen LogP contribution in [0.25, 0.3) is 27.8 Å². The Balaban J connectivity index is 1.97. The number of aromatic nitrogens is 5. The number of hydrogen-bond acceptors (Lipinski definition) is 5. The van der Waals surface area contributed by atoms with E-state index in [0.717, 1.165) is 16.8 Å². The second-order valence-corrected chi connectivity index (χ2v) is 5.80. The Kier molecular flexibility index (Phi) is 3.77. The van der Waals surface area contributed by atoms with Crippen molar-refractivity contribution < 1.29 is 4.74 Å². The molecule has 0 aliphatic rings. The van der Waals surface area contributed by atoms with Crippen LogP contribution < -0.4 is 5.56 Å². The molecule has 1 aromatic carbocycles. The number of hydrogen-bond donors (Lipinski definition) is 0. The monoisotopic (exact) mass is 335 g/mol. The van der Waals surface area contributed by atoms with Gasteiger partial charge in [-0.25, -0.2) is 4.52 Å². The van der Waals surface area contributed by atoms with Crippen molar-refractivity contribution in [3.05, 3.63) is 58.6 Å². The molecule has 126 valence electrons. The van der Waals surface area contributed by atoms with Crippen LogP contribution in [-0.4, -0.2) is 38.1 Å². The molecule has 3 aromatic heterocycles. The molecule has 0 unspecified atom stereocenters. The van der Waals surface area contributed by atoms with Gasteiger partial charge in [0.05, 0.1) is 17.9 Å². The lowest BCUT2D eigenvalue weighted by Gasteiger charge is -2.06. The largest absolute Gasteiger partial charge is 0.383 e. The number of methoxy groups -OCH3 is 1. The maximum Gasteiger partial charge on any atom is 0.280 e. The summed E-state index contributed by atoms with van der Waals surface area (Å²) >= 11 is 0. The molecular weight excluding hydrogens is 318 g/mol. The summed E-state index contributed by atoms with van der Waals surface area (Å²) in [5, 5.41) is 13.1. The smallest absolute Gasteiger partial charge is 0.280 e. The predicted molar refractivity (Wildman–Crippen MR) is 94.6 cm³/mol. The molecule has 0 radical (unpaired) electrons. The minimum Gasteiger partial charge on any atom is -0.383 e. The van der Waals surface area contributed by atoms with Crippen LogP contribution >= 0.6 is 0 Å². The van der Waals surface area contributed by atoms with Gasteiger partial charge in [0.1, 0.15) is 5.52 Å². The van der Waals surface area contributed by atoms with Crippen molar-refractivity contribution in [2.45, 2.75) is 13.5 Å². The van der Waals surface area contributed by atoms with E-state index >= 15 is 0 Å². The Morgan fingerprint density at radius 3 is 2.68 bits per heavy atom. The number of rotatable bonds is 4. The van der Waals surface area contributed by atoms with Crippen molar-refractivity contribution in [1.29, 1.82) is 0 Å². The highest BCUT2D eigenvalue weighted by Gasteiger charge is 2.17. The van der Waals surface area contributed by atoms with Gasteiger partial charge in [-0.3, -0.25) is 4.79 Å². The Hall–Kier alpha value is -3.06. The Bertz CT molecular complexity index is 1120. The third-order valence-electron chi connectivity index (χ3n) is 4.23. The van der Waals surface area contributed by atoms with Crippen LogP contribution in [0.5, 0.6) is 0 Å². The summed E-state index contributed by atoms with van der Waals surface area (Å²) in [5.74, 6) is 0. The van der Waals surface area contributed by atoms with E-state index in [9.17, 15) is 4.79 Å². The molecule has 0 saturated heterocycles. The van der Waals surface area contributed by atoms with Gasteiger partial charge in [-0.05, 0) is 18.6 Å². The molecule has 7 heteroatoms. The molecule has 0 N–H and O–H groups in total. The van der Waals surface area contributed by atoms with E-state index in [4.69, 9.17) is 4.74 Å². The van der Waals surface area contributed by atoms with Gasteiger partial charge in [0.2, 0.25) is 0 Å². The minimum atomic E-state index is -0.196. The Labute approximate surface area is 143 Å². The van der Waals surface area contributed by atoms with Gasteiger partial charge >= 0.3 is 0 Å². The molecule has 3 heterocycles. The quantitative estimate of drug-likeness (QED) is 0.571. The Morgan fingerprint density at radius 2 is 1.92 bits per heavy atom. The van der Waals surface area contributed by atoms with Crippen LogP contribution in [0, 0.1) is 6.92 Å². The van der Waals surface area contributed by atoms with Crippen LogP contribution in [0.4, 0.5) is 0 Å². The van der Waals surface area contributed by atoms with Gasteiger partial charge in [0, 0.05) is 19.9 Å². The first-order valence-corrected chi connectivity index (χ1v) is 8.00. The van der Waals surface area contributed by atoms with Crippen LogP contribution in [0.2, 0.25) is 0 Å². The van der Waals surface area contributed by atoms with E-state index in [0.29, 0.717) is 29.8 Å².